The predicted octanol–water partition coefficient (Wildman–Crippen LogP) is 4.50. The van der Waals surface area contributed by atoms with E-state index in [1.807, 2.05) is 18.2 Å². The van der Waals surface area contributed by atoms with Crippen molar-refractivity contribution in [1.82, 2.24) is 5.32 Å². The summed E-state index contributed by atoms with van der Waals surface area (Å²) in [5, 5.41) is 8.53. The van der Waals surface area contributed by atoms with Crippen LogP contribution in [0.3, 0.4) is 0 Å². The lowest BCUT2D eigenvalue weighted by Crippen LogP contribution is -2.23. The van der Waals surface area contributed by atoms with Crippen molar-refractivity contribution >= 4 is 22.9 Å². The molecule has 0 amide bonds. The zero-order chi connectivity index (χ0) is 13.7. The van der Waals surface area contributed by atoms with E-state index in [4.69, 9.17) is 16.3 Å². The van der Waals surface area contributed by atoms with Gasteiger partial charge in [-0.2, -0.15) is 11.3 Å². The average molecular weight is 296 g/mol. The molecule has 1 aromatic heterocycles. The standard InChI is InChI=1S/C15H18ClNOS/c1-3-7-17-15(11-6-8-19-10-11)13-5-4-12(18-2)9-14(13)16/h4-6,8-10,15,17H,3,7H2,1-2H3. The summed E-state index contributed by atoms with van der Waals surface area (Å²) in [6.07, 6.45) is 1.09. The SMILES string of the molecule is CCCNC(c1ccsc1)c1ccc(OC)cc1Cl. The molecule has 1 N–H and O–H groups in total. The van der Waals surface area contributed by atoms with Crippen molar-refractivity contribution in [3.63, 3.8) is 0 Å². The van der Waals surface area contributed by atoms with Crippen LogP contribution in [0.15, 0.2) is 35.0 Å². The molecule has 0 saturated heterocycles. The summed E-state index contributed by atoms with van der Waals surface area (Å²) in [5.74, 6) is 0.785. The number of thiophene rings is 1. The Kier molecular flexibility index (Phi) is 5.25. The second-order valence-electron chi connectivity index (χ2n) is 4.33. The minimum Gasteiger partial charge on any atom is -0.497 e. The van der Waals surface area contributed by atoms with Gasteiger partial charge in [-0.1, -0.05) is 24.6 Å². The minimum atomic E-state index is 0.143. The van der Waals surface area contributed by atoms with Gasteiger partial charge in [0.1, 0.15) is 5.75 Å². The summed E-state index contributed by atoms with van der Waals surface area (Å²) < 4.78 is 5.20. The number of nitrogens with one attached hydrogen (secondary N) is 1. The molecule has 1 heterocycles. The quantitative estimate of drug-likeness (QED) is 0.847. The van der Waals surface area contributed by atoms with Crippen LogP contribution in [0, 0.1) is 0 Å². The second-order valence-corrected chi connectivity index (χ2v) is 5.52. The maximum absolute atomic E-state index is 6.38. The van der Waals surface area contributed by atoms with E-state index in [2.05, 4.69) is 29.1 Å². The summed E-state index contributed by atoms with van der Waals surface area (Å²) >= 11 is 8.08. The number of methoxy groups -OCH3 is 1. The van der Waals surface area contributed by atoms with E-state index < -0.39 is 0 Å². The number of benzene rings is 1. The van der Waals surface area contributed by atoms with Crippen molar-refractivity contribution in [2.24, 2.45) is 0 Å². The van der Waals surface area contributed by atoms with Crippen LogP contribution in [0.25, 0.3) is 0 Å². The van der Waals surface area contributed by atoms with Crippen LogP contribution in [0.4, 0.5) is 0 Å². The van der Waals surface area contributed by atoms with Crippen molar-refractivity contribution in [3.8, 4) is 5.75 Å². The van der Waals surface area contributed by atoms with Crippen molar-refractivity contribution in [2.75, 3.05) is 13.7 Å². The van der Waals surface area contributed by atoms with Crippen LogP contribution < -0.4 is 10.1 Å². The summed E-state index contributed by atoms with van der Waals surface area (Å²) in [6.45, 7) is 3.12. The summed E-state index contributed by atoms with van der Waals surface area (Å²) in [4.78, 5) is 0. The first-order chi connectivity index (χ1) is 9.26. The second kappa shape index (κ2) is 6.94. The third kappa shape index (κ3) is 3.50. The van der Waals surface area contributed by atoms with E-state index in [9.17, 15) is 0 Å². The van der Waals surface area contributed by atoms with E-state index in [1.54, 1.807) is 18.4 Å². The van der Waals surface area contributed by atoms with Crippen LogP contribution in [0.5, 0.6) is 5.75 Å². The van der Waals surface area contributed by atoms with Gasteiger partial charge in [0.25, 0.3) is 0 Å². The molecule has 0 aliphatic rings. The van der Waals surface area contributed by atoms with Crippen LogP contribution in [-0.2, 0) is 0 Å². The fourth-order valence-electron chi connectivity index (χ4n) is 2.00. The molecular weight excluding hydrogens is 278 g/mol. The number of hydrogen-bond acceptors (Lipinski definition) is 3. The zero-order valence-corrected chi connectivity index (χ0v) is 12.7. The smallest absolute Gasteiger partial charge is 0.120 e. The number of rotatable bonds is 6. The van der Waals surface area contributed by atoms with Crippen LogP contribution in [0.1, 0.15) is 30.5 Å². The van der Waals surface area contributed by atoms with Gasteiger partial charge in [-0.3, -0.25) is 0 Å². The van der Waals surface area contributed by atoms with Gasteiger partial charge >= 0.3 is 0 Å². The molecule has 0 fully saturated rings. The fourth-order valence-corrected chi connectivity index (χ4v) is 2.97. The predicted molar refractivity (Wildman–Crippen MR) is 82.5 cm³/mol. The van der Waals surface area contributed by atoms with Crippen molar-refractivity contribution in [2.45, 2.75) is 19.4 Å². The van der Waals surface area contributed by atoms with Crippen molar-refractivity contribution < 1.29 is 4.74 Å². The number of hydrogen-bond donors (Lipinski definition) is 1. The first kappa shape index (κ1) is 14.4. The molecule has 19 heavy (non-hydrogen) atoms. The number of halogens is 1. The highest BCUT2D eigenvalue weighted by Crippen LogP contribution is 2.32. The van der Waals surface area contributed by atoms with Crippen LogP contribution in [-0.4, -0.2) is 13.7 Å². The maximum Gasteiger partial charge on any atom is 0.120 e. The topological polar surface area (TPSA) is 21.3 Å². The van der Waals surface area contributed by atoms with Gasteiger partial charge in [0, 0.05) is 5.02 Å². The summed E-state index contributed by atoms with van der Waals surface area (Å²) in [5.41, 5.74) is 2.35. The van der Waals surface area contributed by atoms with Crippen LogP contribution in [0.2, 0.25) is 5.02 Å². The Morgan fingerprint density at radius 1 is 1.37 bits per heavy atom. The Morgan fingerprint density at radius 2 is 2.21 bits per heavy atom. The Bertz CT molecular complexity index is 513. The van der Waals surface area contributed by atoms with Gasteiger partial charge in [-0.15, -0.1) is 0 Å². The molecule has 2 rings (SSSR count). The van der Waals surface area contributed by atoms with Crippen LogP contribution >= 0.6 is 22.9 Å². The fraction of sp³-hybridized carbons (Fsp3) is 0.333. The average Bonchev–Trinajstić information content (AvgIpc) is 2.94. The number of ether oxygens (including phenoxy) is 1. The van der Waals surface area contributed by atoms with Gasteiger partial charge in [0.05, 0.1) is 13.2 Å². The third-order valence-electron chi connectivity index (χ3n) is 2.99. The Morgan fingerprint density at radius 3 is 2.79 bits per heavy atom. The van der Waals surface area contributed by atoms with E-state index >= 15 is 0 Å². The van der Waals surface area contributed by atoms with Gasteiger partial charge in [0.2, 0.25) is 0 Å². The van der Waals surface area contributed by atoms with E-state index in [1.165, 1.54) is 5.56 Å². The molecule has 2 aromatic rings. The summed E-state index contributed by atoms with van der Waals surface area (Å²) in [7, 11) is 1.65. The Labute approximate surface area is 123 Å². The molecule has 1 unspecified atom stereocenters. The lowest BCUT2D eigenvalue weighted by molar-refractivity contribution is 0.414. The maximum atomic E-state index is 6.38. The molecule has 0 bridgehead atoms. The summed E-state index contributed by atoms with van der Waals surface area (Å²) in [6, 6.07) is 8.13. The van der Waals surface area contributed by atoms with Gasteiger partial charge < -0.3 is 10.1 Å². The normalized spacial score (nSPS) is 12.4. The van der Waals surface area contributed by atoms with E-state index in [-0.39, 0.29) is 6.04 Å². The lowest BCUT2D eigenvalue weighted by atomic mass is 10.0. The highest BCUT2D eigenvalue weighted by atomic mass is 35.5. The lowest BCUT2D eigenvalue weighted by Gasteiger charge is -2.20. The molecule has 2 nitrogen and oxygen atoms in total. The molecule has 0 aliphatic carbocycles. The van der Waals surface area contributed by atoms with Gasteiger partial charge in [-0.05, 0) is 53.1 Å². The molecular formula is C15H18ClNOS. The molecule has 0 radical (unpaired) electrons. The highest BCUT2D eigenvalue weighted by molar-refractivity contribution is 7.08. The first-order valence-electron chi connectivity index (χ1n) is 6.35. The zero-order valence-electron chi connectivity index (χ0n) is 11.2. The monoisotopic (exact) mass is 295 g/mol. The van der Waals surface area contributed by atoms with E-state index in [0.29, 0.717) is 0 Å². The third-order valence-corrected chi connectivity index (χ3v) is 4.02. The molecule has 102 valence electrons. The van der Waals surface area contributed by atoms with Gasteiger partial charge in [-0.25, -0.2) is 0 Å². The van der Waals surface area contributed by atoms with Crippen molar-refractivity contribution in [1.29, 1.82) is 0 Å². The molecule has 0 saturated carbocycles. The van der Waals surface area contributed by atoms with Crippen molar-refractivity contribution in [3.05, 3.63) is 51.2 Å². The first-order valence-corrected chi connectivity index (χ1v) is 7.67. The Balaban J connectivity index is 2.32. The minimum absolute atomic E-state index is 0.143. The molecule has 4 heteroatoms. The van der Waals surface area contributed by atoms with E-state index in [0.717, 1.165) is 29.3 Å². The molecule has 0 aliphatic heterocycles. The molecule has 1 aromatic carbocycles. The molecule has 1 atom stereocenters. The largest absolute Gasteiger partial charge is 0.497 e. The highest BCUT2D eigenvalue weighted by Gasteiger charge is 2.17. The van der Waals surface area contributed by atoms with Gasteiger partial charge in [0.15, 0.2) is 0 Å². The Hall–Kier alpha value is -1.03. The molecule has 0 spiro atoms.